The van der Waals surface area contributed by atoms with Crippen LogP contribution in [0.1, 0.15) is 44.1 Å². The smallest absolute Gasteiger partial charge is 0.227 e. The third-order valence-electron chi connectivity index (χ3n) is 5.34. The monoisotopic (exact) mass is 517 g/mol. The van der Waals surface area contributed by atoms with E-state index in [9.17, 15) is 4.79 Å². The van der Waals surface area contributed by atoms with Crippen molar-refractivity contribution in [1.82, 2.24) is 15.2 Å². The van der Waals surface area contributed by atoms with Crippen molar-refractivity contribution in [1.29, 1.82) is 0 Å². The molecule has 1 aliphatic carbocycles. The summed E-state index contributed by atoms with van der Waals surface area (Å²) in [5.74, 6) is 2.64. The van der Waals surface area contributed by atoms with Crippen LogP contribution in [0.5, 0.6) is 0 Å². The van der Waals surface area contributed by atoms with E-state index in [2.05, 4.69) is 37.3 Å². The first kappa shape index (κ1) is 23.3. The third-order valence-corrected chi connectivity index (χ3v) is 6.88. The van der Waals surface area contributed by atoms with Crippen molar-refractivity contribution in [2.45, 2.75) is 50.2 Å². The number of pyridine rings is 1. The second-order valence-electron chi connectivity index (χ2n) is 7.51. The molecule has 2 heterocycles. The molecule has 6 nitrogen and oxygen atoms in total. The summed E-state index contributed by atoms with van der Waals surface area (Å²) >= 11 is 2.15. The molecule has 28 heavy (non-hydrogen) atoms. The van der Waals surface area contributed by atoms with E-state index in [4.69, 9.17) is 0 Å². The molecule has 0 bridgehead atoms. The van der Waals surface area contributed by atoms with E-state index in [1.807, 2.05) is 26.1 Å². The Morgan fingerprint density at radius 3 is 2.79 bits per heavy atom. The summed E-state index contributed by atoms with van der Waals surface area (Å²) in [6.07, 6.45) is 8.85. The van der Waals surface area contributed by atoms with Gasteiger partial charge in [0.15, 0.2) is 5.96 Å². The molecular formula is C20H32IN5OS. The van der Waals surface area contributed by atoms with Gasteiger partial charge in [-0.3, -0.25) is 9.79 Å². The Bertz CT molecular complexity index is 656. The van der Waals surface area contributed by atoms with Crippen molar-refractivity contribution >= 4 is 53.4 Å². The minimum atomic E-state index is -0.0349. The Morgan fingerprint density at radius 1 is 1.32 bits per heavy atom. The van der Waals surface area contributed by atoms with Gasteiger partial charge in [0, 0.05) is 49.8 Å². The first-order valence-electron chi connectivity index (χ1n) is 9.92. The molecule has 0 aromatic carbocycles. The average molecular weight is 517 g/mol. The van der Waals surface area contributed by atoms with Crippen molar-refractivity contribution < 1.29 is 4.79 Å². The van der Waals surface area contributed by atoms with E-state index < -0.39 is 0 Å². The molecule has 3 rings (SSSR count). The third kappa shape index (κ3) is 6.50. The number of hydrogen-bond donors (Lipinski definition) is 2. The van der Waals surface area contributed by atoms with Gasteiger partial charge in [0.2, 0.25) is 5.91 Å². The van der Waals surface area contributed by atoms with Gasteiger partial charge in [-0.1, -0.05) is 25.3 Å². The number of carbonyl (C=O) groups excluding carboxylic acids is 1. The Labute approximate surface area is 189 Å². The van der Waals surface area contributed by atoms with E-state index >= 15 is 0 Å². The first-order chi connectivity index (χ1) is 13.1. The van der Waals surface area contributed by atoms with Gasteiger partial charge in [0.25, 0.3) is 0 Å². The van der Waals surface area contributed by atoms with Gasteiger partial charge in [-0.05, 0) is 31.4 Å². The number of aromatic nitrogens is 1. The van der Waals surface area contributed by atoms with Crippen LogP contribution in [-0.2, 0) is 4.79 Å². The van der Waals surface area contributed by atoms with Gasteiger partial charge in [-0.25, -0.2) is 4.98 Å². The molecule has 1 aromatic rings. The van der Waals surface area contributed by atoms with E-state index in [0.29, 0.717) is 23.5 Å². The fraction of sp³-hybridized carbons (Fsp3) is 0.650. The van der Waals surface area contributed by atoms with Gasteiger partial charge in [0.1, 0.15) is 5.82 Å². The van der Waals surface area contributed by atoms with Crippen molar-refractivity contribution in [2.75, 3.05) is 37.8 Å². The predicted octanol–water partition coefficient (Wildman–Crippen LogP) is 3.66. The maximum absolute atomic E-state index is 12.1. The SMILES string of the molecule is CN=C(NCCC(=O)Nc1ccc(C)cn1)N1CCSC2(CCCCC2)C1.I. The second kappa shape index (κ2) is 11.2. The summed E-state index contributed by atoms with van der Waals surface area (Å²) in [5, 5.41) is 6.21. The molecule has 156 valence electrons. The van der Waals surface area contributed by atoms with Gasteiger partial charge in [-0.15, -0.1) is 24.0 Å². The Hall–Kier alpha value is -1.03. The molecule has 0 unspecified atom stereocenters. The Kier molecular flexibility index (Phi) is 9.33. The molecule has 1 saturated heterocycles. The normalized spacial score (nSPS) is 19.1. The quantitative estimate of drug-likeness (QED) is 0.363. The average Bonchev–Trinajstić information content (AvgIpc) is 2.68. The Balaban J connectivity index is 0.00000280. The lowest BCUT2D eigenvalue weighted by Gasteiger charge is -2.45. The number of thioether (sulfide) groups is 1. The van der Waals surface area contributed by atoms with Gasteiger partial charge < -0.3 is 15.5 Å². The summed E-state index contributed by atoms with van der Waals surface area (Å²) in [7, 11) is 1.83. The zero-order valence-corrected chi connectivity index (χ0v) is 20.0. The summed E-state index contributed by atoms with van der Waals surface area (Å²) in [4.78, 5) is 23.2. The summed E-state index contributed by atoms with van der Waals surface area (Å²) in [6, 6.07) is 3.77. The van der Waals surface area contributed by atoms with Crippen LogP contribution in [0.4, 0.5) is 5.82 Å². The van der Waals surface area contributed by atoms with Gasteiger partial charge in [-0.2, -0.15) is 11.8 Å². The number of halogens is 1. The fourth-order valence-corrected chi connectivity index (χ4v) is 5.46. The molecule has 1 saturated carbocycles. The highest BCUT2D eigenvalue weighted by molar-refractivity contribution is 14.0. The molecular weight excluding hydrogens is 485 g/mol. The zero-order valence-electron chi connectivity index (χ0n) is 16.9. The minimum absolute atomic E-state index is 0. The number of carbonyl (C=O) groups is 1. The van der Waals surface area contributed by atoms with Crippen LogP contribution in [0.15, 0.2) is 23.3 Å². The van der Waals surface area contributed by atoms with E-state index in [0.717, 1.165) is 30.4 Å². The number of amides is 1. The van der Waals surface area contributed by atoms with Crippen molar-refractivity contribution in [2.24, 2.45) is 4.99 Å². The molecule has 1 aromatic heterocycles. The van der Waals surface area contributed by atoms with E-state index in [1.54, 1.807) is 6.20 Å². The molecule has 1 spiro atoms. The van der Waals surface area contributed by atoms with Crippen molar-refractivity contribution in [3.63, 3.8) is 0 Å². The molecule has 2 N–H and O–H groups in total. The number of anilines is 1. The van der Waals surface area contributed by atoms with Crippen molar-refractivity contribution in [3.05, 3.63) is 23.9 Å². The number of aryl methyl sites for hydroxylation is 1. The second-order valence-corrected chi connectivity index (χ2v) is 9.07. The number of guanidine groups is 1. The highest BCUT2D eigenvalue weighted by Gasteiger charge is 2.38. The zero-order chi connectivity index (χ0) is 19.1. The number of hydrogen-bond acceptors (Lipinski definition) is 4. The highest BCUT2D eigenvalue weighted by Crippen LogP contribution is 2.42. The van der Waals surface area contributed by atoms with Gasteiger partial charge >= 0.3 is 0 Å². The van der Waals surface area contributed by atoms with Crippen LogP contribution >= 0.6 is 35.7 Å². The molecule has 8 heteroatoms. The molecule has 0 radical (unpaired) electrons. The standard InChI is InChI=1S/C20H31N5OS.HI/c1-16-6-7-17(23-14-16)24-18(26)8-11-22-19(21-2)25-12-13-27-20(15-25)9-4-3-5-10-20;/h6-7,14H,3-5,8-13,15H2,1-2H3,(H,21,22)(H,23,24,26);1H. The minimum Gasteiger partial charge on any atom is -0.356 e. The molecule has 1 amide bonds. The number of nitrogens with zero attached hydrogens (tertiary/aromatic N) is 3. The molecule has 0 atom stereocenters. The number of nitrogens with one attached hydrogen (secondary N) is 2. The van der Waals surface area contributed by atoms with Crippen LogP contribution in [0.3, 0.4) is 0 Å². The lowest BCUT2D eigenvalue weighted by atomic mass is 9.87. The molecule has 2 fully saturated rings. The van der Waals surface area contributed by atoms with Crippen LogP contribution in [0, 0.1) is 6.92 Å². The first-order valence-corrected chi connectivity index (χ1v) is 10.9. The molecule has 2 aliphatic rings. The summed E-state index contributed by atoms with van der Waals surface area (Å²) in [6.45, 7) is 4.63. The van der Waals surface area contributed by atoms with E-state index in [1.165, 1.54) is 32.1 Å². The van der Waals surface area contributed by atoms with Crippen LogP contribution in [0.2, 0.25) is 0 Å². The summed E-state index contributed by atoms with van der Waals surface area (Å²) < 4.78 is 0.405. The van der Waals surface area contributed by atoms with Crippen molar-refractivity contribution in [3.8, 4) is 0 Å². The maximum Gasteiger partial charge on any atom is 0.227 e. The van der Waals surface area contributed by atoms with Crippen LogP contribution in [-0.4, -0.2) is 58.9 Å². The lowest BCUT2D eigenvalue weighted by molar-refractivity contribution is -0.116. The largest absolute Gasteiger partial charge is 0.356 e. The lowest BCUT2D eigenvalue weighted by Crippen LogP contribution is -2.53. The van der Waals surface area contributed by atoms with Gasteiger partial charge in [0.05, 0.1) is 0 Å². The predicted molar refractivity (Wildman–Crippen MR) is 129 cm³/mol. The number of rotatable bonds is 4. The van der Waals surface area contributed by atoms with Crippen LogP contribution < -0.4 is 10.6 Å². The van der Waals surface area contributed by atoms with Crippen LogP contribution in [0.25, 0.3) is 0 Å². The van der Waals surface area contributed by atoms with E-state index in [-0.39, 0.29) is 29.9 Å². The highest BCUT2D eigenvalue weighted by atomic mass is 127. The number of aliphatic imine (C=N–C) groups is 1. The maximum atomic E-state index is 12.1. The summed E-state index contributed by atoms with van der Waals surface area (Å²) in [5.41, 5.74) is 1.08. The fourth-order valence-electron chi connectivity index (χ4n) is 3.89. The Morgan fingerprint density at radius 2 is 2.11 bits per heavy atom. The topological polar surface area (TPSA) is 69.6 Å². The molecule has 1 aliphatic heterocycles.